The number of amides is 1. The lowest BCUT2D eigenvalue weighted by atomic mass is 9.91. The smallest absolute Gasteiger partial charge is 0.410 e. The summed E-state index contributed by atoms with van der Waals surface area (Å²) in [6.45, 7) is 6.51. The van der Waals surface area contributed by atoms with Crippen LogP contribution in [0.4, 0.5) is 4.79 Å². The molecule has 0 unspecified atom stereocenters. The van der Waals surface area contributed by atoms with Gasteiger partial charge in [0.25, 0.3) is 0 Å². The second-order valence-corrected chi connectivity index (χ2v) is 5.58. The number of rotatable bonds is 3. The molecule has 5 nitrogen and oxygen atoms in total. The van der Waals surface area contributed by atoms with Gasteiger partial charge in [-0.2, -0.15) is 0 Å². The van der Waals surface area contributed by atoms with Crippen LogP contribution in [0.5, 0.6) is 0 Å². The van der Waals surface area contributed by atoms with Crippen LogP contribution < -0.4 is 0 Å². The van der Waals surface area contributed by atoms with E-state index in [0.717, 1.165) is 0 Å². The molecule has 1 aliphatic rings. The van der Waals surface area contributed by atoms with E-state index in [1.807, 2.05) is 20.8 Å². The lowest BCUT2D eigenvalue weighted by Crippen LogP contribution is -2.43. The van der Waals surface area contributed by atoms with Crippen molar-refractivity contribution in [2.24, 2.45) is 5.92 Å². The maximum absolute atomic E-state index is 11.8. The number of carbonyl (C=O) groups excluding carboxylic acids is 3. The molecule has 0 aromatic carbocycles. The molecule has 1 rings (SSSR count). The van der Waals surface area contributed by atoms with Crippen molar-refractivity contribution in [3.63, 3.8) is 0 Å². The van der Waals surface area contributed by atoms with Crippen LogP contribution in [0.3, 0.4) is 0 Å². The van der Waals surface area contributed by atoms with Crippen LogP contribution in [-0.2, 0) is 14.3 Å². The van der Waals surface area contributed by atoms with Gasteiger partial charge in [-0.05, 0) is 33.6 Å². The van der Waals surface area contributed by atoms with Crippen LogP contribution in [0.1, 0.15) is 40.0 Å². The standard InChI is InChI=1S/C13H21NO4/c1-13(2,3)18-12(17)14-7-4-10(5-8-14)11(16)6-9-15/h9-10H,4-8H2,1-3H3. The van der Waals surface area contributed by atoms with Crippen LogP contribution in [-0.4, -0.2) is 41.8 Å². The average molecular weight is 255 g/mol. The molecule has 1 heterocycles. The van der Waals surface area contributed by atoms with Crippen molar-refractivity contribution < 1.29 is 19.1 Å². The van der Waals surface area contributed by atoms with Gasteiger partial charge in [-0.3, -0.25) is 4.79 Å². The van der Waals surface area contributed by atoms with Gasteiger partial charge in [-0.25, -0.2) is 4.79 Å². The molecule has 0 aliphatic carbocycles. The van der Waals surface area contributed by atoms with Gasteiger partial charge < -0.3 is 14.4 Å². The molecule has 0 bridgehead atoms. The Labute approximate surface area is 107 Å². The van der Waals surface area contributed by atoms with E-state index in [4.69, 9.17) is 4.74 Å². The van der Waals surface area contributed by atoms with Gasteiger partial charge in [0.2, 0.25) is 0 Å². The average Bonchev–Trinajstić information content (AvgIpc) is 2.27. The monoisotopic (exact) mass is 255 g/mol. The lowest BCUT2D eigenvalue weighted by molar-refractivity contribution is -0.126. The minimum atomic E-state index is -0.499. The van der Waals surface area contributed by atoms with Gasteiger partial charge in [0.15, 0.2) is 0 Å². The second-order valence-electron chi connectivity index (χ2n) is 5.58. The summed E-state index contributed by atoms with van der Waals surface area (Å²) in [6.07, 6.45) is 1.53. The van der Waals surface area contributed by atoms with Gasteiger partial charge in [0, 0.05) is 19.0 Å². The minimum absolute atomic E-state index is 0.0168. The highest BCUT2D eigenvalue weighted by Gasteiger charge is 2.29. The molecule has 1 fully saturated rings. The lowest BCUT2D eigenvalue weighted by Gasteiger charge is -2.32. The van der Waals surface area contributed by atoms with Crippen molar-refractivity contribution in [2.75, 3.05) is 13.1 Å². The Bertz CT molecular complexity index is 324. The van der Waals surface area contributed by atoms with E-state index < -0.39 is 5.60 Å². The fourth-order valence-corrected chi connectivity index (χ4v) is 1.96. The van der Waals surface area contributed by atoms with Crippen molar-refractivity contribution in [3.8, 4) is 0 Å². The fourth-order valence-electron chi connectivity index (χ4n) is 1.96. The Balaban J connectivity index is 2.42. The van der Waals surface area contributed by atoms with Crippen LogP contribution in [0.2, 0.25) is 0 Å². The van der Waals surface area contributed by atoms with Crippen LogP contribution in [0.25, 0.3) is 0 Å². The first-order valence-corrected chi connectivity index (χ1v) is 6.28. The predicted molar refractivity (Wildman–Crippen MR) is 66.2 cm³/mol. The highest BCUT2D eigenvalue weighted by atomic mass is 16.6. The quantitative estimate of drug-likeness (QED) is 0.569. The van der Waals surface area contributed by atoms with E-state index in [1.54, 1.807) is 4.90 Å². The number of ketones is 1. The number of piperidine rings is 1. The molecule has 1 aliphatic heterocycles. The van der Waals surface area contributed by atoms with Crippen LogP contribution in [0, 0.1) is 5.92 Å². The fraction of sp³-hybridized carbons (Fsp3) is 0.769. The Morgan fingerprint density at radius 1 is 1.28 bits per heavy atom. The SMILES string of the molecule is CC(C)(C)OC(=O)N1CCC(C(=O)CC=O)CC1. The minimum Gasteiger partial charge on any atom is -0.444 e. The largest absolute Gasteiger partial charge is 0.444 e. The molecular weight excluding hydrogens is 234 g/mol. The first-order chi connectivity index (χ1) is 8.33. The molecule has 1 saturated heterocycles. The number of likely N-dealkylation sites (tertiary alicyclic amines) is 1. The summed E-state index contributed by atoms with van der Waals surface area (Å²) in [7, 11) is 0. The van der Waals surface area contributed by atoms with E-state index in [2.05, 4.69) is 0 Å². The molecule has 0 spiro atoms. The summed E-state index contributed by atoms with van der Waals surface area (Å²) in [5, 5.41) is 0. The van der Waals surface area contributed by atoms with E-state index in [0.29, 0.717) is 32.2 Å². The summed E-state index contributed by atoms with van der Waals surface area (Å²) in [4.78, 5) is 35.2. The van der Waals surface area contributed by atoms with E-state index in [-0.39, 0.29) is 24.2 Å². The molecule has 0 N–H and O–H groups in total. The van der Waals surface area contributed by atoms with E-state index in [9.17, 15) is 14.4 Å². The van der Waals surface area contributed by atoms with Crippen LogP contribution >= 0.6 is 0 Å². The van der Waals surface area contributed by atoms with Gasteiger partial charge in [0.1, 0.15) is 17.7 Å². The van der Waals surface area contributed by atoms with Crippen molar-refractivity contribution in [1.29, 1.82) is 0 Å². The van der Waals surface area contributed by atoms with Crippen molar-refractivity contribution >= 4 is 18.2 Å². The summed E-state index contributed by atoms with van der Waals surface area (Å²) in [6, 6.07) is 0. The number of nitrogens with zero attached hydrogens (tertiary/aromatic N) is 1. The molecule has 1 amide bonds. The van der Waals surface area contributed by atoms with Crippen LogP contribution in [0.15, 0.2) is 0 Å². The zero-order chi connectivity index (χ0) is 13.8. The first-order valence-electron chi connectivity index (χ1n) is 6.28. The molecule has 0 radical (unpaired) electrons. The maximum atomic E-state index is 11.8. The summed E-state index contributed by atoms with van der Waals surface area (Å²) < 4.78 is 5.27. The zero-order valence-corrected chi connectivity index (χ0v) is 11.3. The molecule has 5 heteroatoms. The molecular formula is C13H21NO4. The highest BCUT2D eigenvalue weighted by molar-refractivity contribution is 5.91. The predicted octanol–water partition coefficient (Wildman–Crippen LogP) is 1.79. The Morgan fingerprint density at radius 3 is 2.28 bits per heavy atom. The molecule has 0 aromatic heterocycles. The number of ether oxygens (including phenoxy) is 1. The van der Waals surface area contributed by atoms with E-state index >= 15 is 0 Å². The molecule has 0 saturated carbocycles. The number of carbonyl (C=O) groups is 3. The molecule has 0 atom stereocenters. The third-order valence-corrected chi connectivity index (χ3v) is 2.89. The number of aldehydes is 1. The number of hydrogen-bond donors (Lipinski definition) is 0. The zero-order valence-electron chi connectivity index (χ0n) is 11.3. The van der Waals surface area contributed by atoms with Gasteiger partial charge in [-0.15, -0.1) is 0 Å². The maximum Gasteiger partial charge on any atom is 0.410 e. The van der Waals surface area contributed by atoms with Crippen molar-refractivity contribution in [3.05, 3.63) is 0 Å². The van der Waals surface area contributed by atoms with Gasteiger partial charge in [0.05, 0.1) is 6.42 Å². The summed E-state index contributed by atoms with van der Waals surface area (Å²) >= 11 is 0. The molecule has 102 valence electrons. The highest BCUT2D eigenvalue weighted by Crippen LogP contribution is 2.21. The summed E-state index contributed by atoms with van der Waals surface area (Å²) in [5.41, 5.74) is -0.499. The van der Waals surface area contributed by atoms with Crippen molar-refractivity contribution in [1.82, 2.24) is 4.90 Å². The molecule has 18 heavy (non-hydrogen) atoms. The Morgan fingerprint density at radius 2 is 1.83 bits per heavy atom. The topological polar surface area (TPSA) is 63.7 Å². The Hall–Kier alpha value is -1.39. The third-order valence-electron chi connectivity index (χ3n) is 2.89. The Kier molecular flexibility index (Phi) is 4.87. The van der Waals surface area contributed by atoms with E-state index in [1.165, 1.54) is 0 Å². The third kappa shape index (κ3) is 4.47. The second kappa shape index (κ2) is 5.98. The number of hydrogen-bond acceptors (Lipinski definition) is 4. The number of Topliss-reactive ketones (excluding diaryl/α,β-unsaturated/α-hetero) is 1. The van der Waals surface area contributed by atoms with Crippen molar-refractivity contribution in [2.45, 2.75) is 45.6 Å². The molecule has 0 aromatic rings. The summed E-state index contributed by atoms with van der Waals surface area (Å²) in [5.74, 6) is -0.109. The normalized spacial score (nSPS) is 17.4. The van der Waals surface area contributed by atoms with Gasteiger partial charge >= 0.3 is 6.09 Å². The van der Waals surface area contributed by atoms with Gasteiger partial charge in [-0.1, -0.05) is 0 Å². The first kappa shape index (κ1) is 14.7.